The molecule has 1 aliphatic carbocycles. The van der Waals surface area contributed by atoms with Gasteiger partial charge in [0, 0.05) is 36.0 Å². The normalized spacial score (nSPS) is 19.7. The summed E-state index contributed by atoms with van der Waals surface area (Å²) in [6.07, 6.45) is 3.77. The highest BCUT2D eigenvalue weighted by Gasteiger charge is 2.51. The van der Waals surface area contributed by atoms with Crippen LogP contribution in [-0.2, 0) is 50.5 Å². The van der Waals surface area contributed by atoms with Crippen LogP contribution in [-0.4, -0.2) is 76.8 Å². The molecular weight excluding hydrogens is 584 g/mol. The molecule has 1 aromatic heterocycles. The van der Waals surface area contributed by atoms with E-state index in [0.717, 1.165) is 27.8 Å². The van der Waals surface area contributed by atoms with Crippen LogP contribution in [0.25, 0.3) is 0 Å². The second-order valence-corrected chi connectivity index (χ2v) is 13.0. The van der Waals surface area contributed by atoms with Gasteiger partial charge in [-0.25, -0.2) is 4.98 Å². The smallest absolute Gasteiger partial charge is 0.317 e. The Hall–Kier alpha value is -4.61. The Kier molecular flexibility index (Phi) is 8.63. The predicted octanol–water partition coefficient (Wildman–Crippen LogP) is 2.94. The van der Waals surface area contributed by atoms with Gasteiger partial charge in [0.15, 0.2) is 0 Å². The zero-order valence-electron chi connectivity index (χ0n) is 26.3. The van der Waals surface area contributed by atoms with E-state index in [1.807, 2.05) is 73.5 Å². The summed E-state index contributed by atoms with van der Waals surface area (Å²) >= 11 is 0. The average Bonchev–Trinajstić information content (AvgIpc) is 3.55. The fourth-order valence-corrected chi connectivity index (χ4v) is 7.19. The average molecular weight is 625 g/mol. The van der Waals surface area contributed by atoms with Crippen molar-refractivity contribution in [1.82, 2.24) is 20.1 Å². The molecule has 1 atom stereocenters. The van der Waals surface area contributed by atoms with Crippen LogP contribution in [0.15, 0.2) is 60.8 Å². The molecule has 3 heterocycles. The molecule has 46 heavy (non-hydrogen) atoms. The van der Waals surface area contributed by atoms with Gasteiger partial charge in [-0.2, -0.15) is 0 Å². The van der Waals surface area contributed by atoms with Gasteiger partial charge in [-0.3, -0.25) is 24.1 Å². The molecule has 240 valence electrons. The lowest BCUT2D eigenvalue weighted by Gasteiger charge is -2.40. The standard InChI is InChI=1S/C35H40N6O5/c1-34(11-14-40(15-12-34)22-30(43)44)33(46)41(20-25-7-4-3-6-24(25)19-36-2)21-29(42)38-27-10-9-23-17-35(18-26(23)16-27)28-8-5-13-37-31(28)39-32(35)45/h3-10,13,16,36H,11-12,14-15,17-22H2,1-2H3,(H,38,42)(H,43,44)(H,37,39,45). The summed E-state index contributed by atoms with van der Waals surface area (Å²) in [6.45, 7) is 3.63. The van der Waals surface area contributed by atoms with Crippen molar-refractivity contribution in [3.05, 3.63) is 88.6 Å². The van der Waals surface area contributed by atoms with Crippen molar-refractivity contribution in [2.75, 3.05) is 43.9 Å². The maximum atomic E-state index is 14.2. The zero-order valence-corrected chi connectivity index (χ0v) is 26.3. The Balaban J connectivity index is 1.19. The van der Waals surface area contributed by atoms with E-state index in [1.165, 1.54) is 0 Å². The third-order valence-corrected chi connectivity index (χ3v) is 9.77. The molecule has 0 saturated carbocycles. The van der Waals surface area contributed by atoms with E-state index >= 15 is 0 Å². The summed E-state index contributed by atoms with van der Waals surface area (Å²) in [5.41, 5.74) is 4.15. The Bertz CT molecular complexity index is 1680. The van der Waals surface area contributed by atoms with Gasteiger partial charge >= 0.3 is 5.97 Å². The first-order valence-electron chi connectivity index (χ1n) is 15.7. The van der Waals surface area contributed by atoms with E-state index in [2.05, 4.69) is 20.9 Å². The summed E-state index contributed by atoms with van der Waals surface area (Å²) < 4.78 is 0. The number of carbonyl (C=O) groups excluding carboxylic acids is 3. The molecule has 0 radical (unpaired) electrons. The van der Waals surface area contributed by atoms with Crippen molar-refractivity contribution in [3.63, 3.8) is 0 Å². The Labute approximate surface area is 268 Å². The minimum absolute atomic E-state index is 0.0518. The lowest BCUT2D eigenvalue weighted by Crippen LogP contribution is -2.51. The monoisotopic (exact) mass is 624 g/mol. The van der Waals surface area contributed by atoms with Crippen LogP contribution in [0.1, 0.15) is 47.6 Å². The van der Waals surface area contributed by atoms with E-state index < -0.39 is 16.8 Å². The second kappa shape index (κ2) is 12.6. The number of carboxylic acid groups (broad SMARTS) is 1. The maximum absolute atomic E-state index is 14.2. The molecule has 2 aromatic carbocycles. The topological polar surface area (TPSA) is 144 Å². The summed E-state index contributed by atoms with van der Waals surface area (Å²) in [5, 5.41) is 18.3. The third kappa shape index (κ3) is 6.12. The molecule has 3 aliphatic rings. The van der Waals surface area contributed by atoms with Crippen molar-refractivity contribution < 1.29 is 24.3 Å². The lowest BCUT2D eigenvalue weighted by molar-refractivity contribution is -0.147. The number of likely N-dealkylation sites (tertiary alicyclic amines) is 1. The van der Waals surface area contributed by atoms with Gasteiger partial charge in [0.05, 0.1) is 12.0 Å². The molecule has 0 bridgehead atoms. The number of aliphatic carboxylic acids is 1. The van der Waals surface area contributed by atoms with Crippen LogP contribution in [0.2, 0.25) is 0 Å². The van der Waals surface area contributed by atoms with Gasteiger partial charge < -0.3 is 26.0 Å². The van der Waals surface area contributed by atoms with Crippen LogP contribution in [0.5, 0.6) is 0 Å². The van der Waals surface area contributed by atoms with E-state index in [4.69, 9.17) is 0 Å². The van der Waals surface area contributed by atoms with E-state index in [1.54, 1.807) is 11.1 Å². The SMILES string of the molecule is CNCc1ccccc1CN(CC(=O)Nc1ccc2c(c1)CC1(C2)C(=O)Nc2ncccc21)C(=O)C1(C)CCN(CC(=O)O)CC1. The molecule has 11 nitrogen and oxygen atoms in total. The number of pyridine rings is 1. The quantitative estimate of drug-likeness (QED) is 0.270. The van der Waals surface area contributed by atoms with Crippen LogP contribution in [0, 0.1) is 5.41 Å². The van der Waals surface area contributed by atoms with Crippen LogP contribution < -0.4 is 16.0 Å². The fourth-order valence-electron chi connectivity index (χ4n) is 7.19. The van der Waals surface area contributed by atoms with E-state index in [-0.39, 0.29) is 37.4 Å². The summed E-state index contributed by atoms with van der Waals surface area (Å²) in [4.78, 5) is 60.0. The van der Waals surface area contributed by atoms with Crippen molar-refractivity contribution in [3.8, 4) is 0 Å². The van der Waals surface area contributed by atoms with Gasteiger partial charge in [0.2, 0.25) is 17.7 Å². The highest BCUT2D eigenvalue weighted by molar-refractivity contribution is 6.06. The Morgan fingerprint density at radius 3 is 2.50 bits per heavy atom. The first-order valence-corrected chi connectivity index (χ1v) is 15.7. The number of carboxylic acids is 1. The minimum atomic E-state index is -0.885. The number of benzene rings is 2. The molecule has 6 rings (SSSR count). The molecule has 2 aliphatic heterocycles. The number of rotatable bonds is 10. The van der Waals surface area contributed by atoms with Gasteiger partial charge in [-0.15, -0.1) is 0 Å². The number of hydrogen-bond acceptors (Lipinski definition) is 7. The van der Waals surface area contributed by atoms with E-state index in [9.17, 15) is 24.3 Å². The van der Waals surface area contributed by atoms with Crippen LogP contribution in [0.4, 0.5) is 11.5 Å². The Morgan fingerprint density at radius 2 is 1.76 bits per heavy atom. The number of nitrogens with zero attached hydrogens (tertiary/aromatic N) is 3. The number of carbonyl (C=O) groups is 4. The first kappa shape index (κ1) is 31.4. The molecule has 1 fully saturated rings. The van der Waals surface area contributed by atoms with Crippen LogP contribution in [0.3, 0.4) is 0 Å². The summed E-state index contributed by atoms with van der Waals surface area (Å²) in [6, 6.07) is 17.4. The highest BCUT2D eigenvalue weighted by atomic mass is 16.4. The number of aromatic nitrogens is 1. The second-order valence-electron chi connectivity index (χ2n) is 13.0. The summed E-state index contributed by atoms with van der Waals surface area (Å²) in [7, 11) is 1.87. The molecule has 11 heteroatoms. The van der Waals surface area contributed by atoms with E-state index in [0.29, 0.717) is 56.8 Å². The fraction of sp³-hybridized carbons (Fsp3) is 0.400. The van der Waals surface area contributed by atoms with Gasteiger partial charge in [0.1, 0.15) is 12.4 Å². The van der Waals surface area contributed by atoms with Gasteiger partial charge in [-0.05, 0) is 86.3 Å². The number of nitrogens with one attached hydrogen (secondary N) is 3. The predicted molar refractivity (Wildman–Crippen MR) is 173 cm³/mol. The number of anilines is 2. The zero-order chi connectivity index (χ0) is 32.5. The van der Waals surface area contributed by atoms with Crippen molar-refractivity contribution in [2.24, 2.45) is 5.41 Å². The minimum Gasteiger partial charge on any atom is -0.480 e. The number of amides is 3. The highest BCUT2D eigenvalue weighted by Crippen LogP contribution is 2.47. The molecular formula is C35H40N6O5. The molecule has 1 spiro atoms. The van der Waals surface area contributed by atoms with Crippen molar-refractivity contribution in [1.29, 1.82) is 0 Å². The Morgan fingerprint density at radius 1 is 1.02 bits per heavy atom. The van der Waals surface area contributed by atoms with Crippen molar-refractivity contribution >= 4 is 35.2 Å². The number of fused-ring (bicyclic) bond motifs is 3. The first-order chi connectivity index (χ1) is 22.1. The van der Waals surface area contributed by atoms with Gasteiger partial charge in [-0.1, -0.05) is 43.3 Å². The molecule has 3 amide bonds. The summed E-state index contributed by atoms with van der Waals surface area (Å²) in [5.74, 6) is -0.766. The third-order valence-electron chi connectivity index (χ3n) is 9.77. The van der Waals surface area contributed by atoms with Crippen LogP contribution >= 0.6 is 0 Å². The molecule has 3 aromatic rings. The number of piperidine rings is 1. The molecule has 4 N–H and O–H groups in total. The number of hydrogen-bond donors (Lipinski definition) is 4. The lowest BCUT2D eigenvalue weighted by atomic mass is 9.78. The largest absolute Gasteiger partial charge is 0.480 e. The van der Waals surface area contributed by atoms with Gasteiger partial charge in [0.25, 0.3) is 0 Å². The maximum Gasteiger partial charge on any atom is 0.317 e. The molecule has 1 saturated heterocycles. The van der Waals surface area contributed by atoms with Crippen molar-refractivity contribution in [2.45, 2.75) is 51.1 Å². The molecule has 1 unspecified atom stereocenters.